The Bertz CT molecular complexity index is 2230. The molecule has 0 aliphatic rings. The Kier molecular flexibility index (Phi) is 20.5. The van der Waals surface area contributed by atoms with Gasteiger partial charge >= 0.3 is 17.9 Å². The summed E-state index contributed by atoms with van der Waals surface area (Å²) in [5.74, 6) is 0.229. The number of unbranched alkanes of at least 4 members (excludes halogenated alkanes) is 10. The summed E-state index contributed by atoms with van der Waals surface area (Å²) in [7, 11) is 0. The van der Waals surface area contributed by atoms with E-state index in [2.05, 4.69) is 19.9 Å². The van der Waals surface area contributed by atoms with Gasteiger partial charge in [-0.1, -0.05) is 114 Å². The quantitative estimate of drug-likeness (QED) is 0.0288. The summed E-state index contributed by atoms with van der Waals surface area (Å²) in [4.78, 5) is 39.4. The molecule has 0 N–H and O–H groups in total. The zero-order valence-electron chi connectivity index (χ0n) is 37.8. The van der Waals surface area contributed by atoms with E-state index in [1.54, 1.807) is 54.6 Å². The van der Waals surface area contributed by atoms with Crippen molar-refractivity contribution in [1.29, 1.82) is 5.26 Å². The van der Waals surface area contributed by atoms with E-state index in [4.69, 9.17) is 28.9 Å². The lowest BCUT2D eigenvalue weighted by Crippen LogP contribution is -2.15. The molecule has 0 fully saturated rings. The van der Waals surface area contributed by atoms with Crippen LogP contribution in [0.3, 0.4) is 0 Å². The first-order valence-corrected chi connectivity index (χ1v) is 23.1. The van der Waals surface area contributed by atoms with Crippen molar-refractivity contribution in [3.05, 3.63) is 132 Å². The van der Waals surface area contributed by atoms with Crippen molar-refractivity contribution >= 4 is 17.9 Å². The Morgan fingerprint density at radius 2 is 1.03 bits per heavy atom. The lowest BCUT2D eigenvalue weighted by Gasteiger charge is -2.14. The van der Waals surface area contributed by atoms with Gasteiger partial charge in [0.1, 0.15) is 28.6 Å². The van der Waals surface area contributed by atoms with Crippen molar-refractivity contribution < 1.29 is 38.1 Å². The SMILES string of the molecule is CCCCCCCCOc1ccc(C(=O)Oc2ccc(-c3ccc(C(=O)O[C@@H](C)CCCCCC)cc3)cc2)c(OC(=O)CCCCCOc2ccc(-c3ccc(C#N)cc3)cc2)c1. The third-order valence-electron chi connectivity index (χ3n) is 11.0. The van der Waals surface area contributed by atoms with Crippen molar-refractivity contribution in [3.8, 4) is 51.3 Å². The van der Waals surface area contributed by atoms with Gasteiger partial charge in [-0.15, -0.1) is 0 Å². The first-order chi connectivity index (χ1) is 31.3. The standard InChI is InChI=1S/C55H63NO8/c1-4-6-8-10-11-15-38-61-50-35-36-51(52(39-50)64-53(57)18-14-12-16-37-60-48-31-27-45(28-32-48)43-21-19-42(40-56)20-22-43)55(59)63-49-33-29-46(30-34-49)44-23-25-47(26-24-44)54(58)62-41(3)17-13-9-7-5-2/h19-36,39,41H,4-18,37-38H2,1-3H3/t41-/m0/s1. The molecule has 0 unspecified atom stereocenters. The summed E-state index contributed by atoms with van der Waals surface area (Å²) in [6.45, 7) is 7.33. The average Bonchev–Trinajstić information content (AvgIpc) is 3.31. The van der Waals surface area contributed by atoms with E-state index >= 15 is 0 Å². The highest BCUT2D eigenvalue weighted by Crippen LogP contribution is 2.29. The fraction of sp³-hybridized carbons (Fsp3) is 0.382. The monoisotopic (exact) mass is 865 g/mol. The molecule has 64 heavy (non-hydrogen) atoms. The second-order valence-electron chi connectivity index (χ2n) is 16.2. The smallest absolute Gasteiger partial charge is 0.347 e. The van der Waals surface area contributed by atoms with E-state index in [9.17, 15) is 14.4 Å². The van der Waals surface area contributed by atoms with Crippen LogP contribution >= 0.6 is 0 Å². The zero-order valence-corrected chi connectivity index (χ0v) is 37.8. The second kappa shape index (κ2) is 26.9. The van der Waals surface area contributed by atoms with Crippen LogP contribution in [0, 0.1) is 11.3 Å². The third kappa shape index (κ3) is 16.4. The van der Waals surface area contributed by atoms with Crippen molar-refractivity contribution in [2.75, 3.05) is 13.2 Å². The highest BCUT2D eigenvalue weighted by atomic mass is 16.6. The summed E-state index contributed by atoms with van der Waals surface area (Å²) in [5.41, 5.74) is 5.07. The van der Waals surface area contributed by atoms with Crippen molar-refractivity contribution in [2.24, 2.45) is 0 Å². The summed E-state index contributed by atoms with van der Waals surface area (Å²) >= 11 is 0. The van der Waals surface area contributed by atoms with Gasteiger partial charge in [-0.25, -0.2) is 9.59 Å². The molecule has 9 nitrogen and oxygen atoms in total. The van der Waals surface area contributed by atoms with Gasteiger partial charge in [0.25, 0.3) is 0 Å². The molecule has 5 aromatic rings. The molecule has 0 aromatic heterocycles. The van der Waals surface area contributed by atoms with Crippen molar-refractivity contribution in [2.45, 2.75) is 123 Å². The molecular weight excluding hydrogens is 803 g/mol. The topological polar surface area (TPSA) is 121 Å². The van der Waals surface area contributed by atoms with Crippen LogP contribution in [0.1, 0.15) is 143 Å². The fourth-order valence-corrected chi connectivity index (χ4v) is 7.16. The number of benzene rings is 5. The molecule has 336 valence electrons. The van der Waals surface area contributed by atoms with E-state index in [-0.39, 0.29) is 29.8 Å². The van der Waals surface area contributed by atoms with Gasteiger partial charge in [0.05, 0.1) is 36.5 Å². The van der Waals surface area contributed by atoms with E-state index in [0.29, 0.717) is 42.3 Å². The van der Waals surface area contributed by atoms with Crippen LogP contribution in [0.15, 0.2) is 115 Å². The number of carbonyl (C=O) groups excluding carboxylic acids is 3. The van der Waals surface area contributed by atoms with Gasteiger partial charge < -0.3 is 23.7 Å². The minimum absolute atomic E-state index is 0.0874. The van der Waals surface area contributed by atoms with Gasteiger partial charge in [-0.2, -0.15) is 5.26 Å². The zero-order chi connectivity index (χ0) is 45.4. The minimum Gasteiger partial charge on any atom is -0.494 e. The van der Waals surface area contributed by atoms with Crippen LogP contribution in [0.5, 0.6) is 23.0 Å². The van der Waals surface area contributed by atoms with Crippen molar-refractivity contribution in [1.82, 2.24) is 0 Å². The molecule has 0 bridgehead atoms. The van der Waals surface area contributed by atoms with Gasteiger partial charge in [-0.3, -0.25) is 4.79 Å². The maximum absolute atomic E-state index is 13.6. The fourth-order valence-electron chi connectivity index (χ4n) is 7.16. The molecule has 0 amide bonds. The predicted octanol–water partition coefficient (Wildman–Crippen LogP) is 13.9. The Balaban J connectivity index is 1.12. The summed E-state index contributed by atoms with van der Waals surface area (Å²) < 4.78 is 29.2. The van der Waals surface area contributed by atoms with Crippen LogP contribution in [0.4, 0.5) is 0 Å². The predicted molar refractivity (Wildman–Crippen MR) is 252 cm³/mol. The molecule has 0 aliphatic heterocycles. The van der Waals surface area contributed by atoms with Crippen molar-refractivity contribution in [3.63, 3.8) is 0 Å². The number of hydrogen-bond acceptors (Lipinski definition) is 9. The molecule has 9 heteroatoms. The molecule has 0 heterocycles. The molecule has 0 spiro atoms. The Hall–Kier alpha value is -6.40. The molecular formula is C55H63NO8. The molecule has 0 aliphatic carbocycles. The molecule has 5 rings (SSSR count). The summed E-state index contributed by atoms with van der Waals surface area (Å²) in [5, 5.41) is 9.05. The average molecular weight is 866 g/mol. The van der Waals surface area contributed by atoms with Crippen LogP contribution in [0.25, 0.3) is 22.3 Å². The molecule has 0 saturated carbocycles. The number of rotatable bonds is 27. The van der Waals surface area contributed by atoms with Gasteiger partial charge in [0, 0.05) is 12.5 Å². The van der Waals surface area contributed by atoms with E-state index in [0.717, 1.165) is 79.4 Å². The number of nitrogens with zero attached hydrogens (tertiary/aromatic N) is 1. The van der Waals surface area contributed by atoms with Crippen LogP contribution < -0.4 is 18.9 Å². The summed E-state index contributed by atoms with van der Waals surface area (Å²) in [6.07, 6.45) is 14.3. The van der Waals surface area contributed by atoms with E-state index < -0.39 is 11.9 Å². The highest BCUT2D eigenvalue weighted by Gasteiger charge is 2.20. The minimum atomic E-state index is -0.664. The first kappa shape index (κ1) is 48.6. The van der Waals surface area contributed by atoms with Gasteiger partial charge in [0.15, 0.2) is 0 Å². The highest BCUT2D eigenvalue weighted by molar-refractivity contribution is 5.95. The second-order valence-corrected chi connectivity index (χ2v) is 16.2. The maximum Gasteiger partial charge on any atom is 0.347 e. The Morgan fingerprint density at radius 1 is 0.531 bits per heavy atom. The number of ether oxygens (including phenoxy) is 5. The van der Waals surface area contributed by atoms with E-state index in [1.807, 2.05) is 67.6 Å². The Morgan fingerprint density at radius 3 is 1.64 bits per heavy atom. The number of esters is 3. The first-order valence-electron chi connectivity index (χ1n) is 23.1. The maximum atomic E-state index is 13.6. The molecule has 5 aromatic carbocycles. The Labute approximate surface area is 379 Å². The van der Waals surface area contributed by atoms with Crippen LogP contribution in [-0.4, -0.2) is 37.2 Å². The number of hydrogen-bond donors (Lipinski definition) is 0. The molecule has 0 saturated heterocycles. The third-order valence-corrected chi connectivity index (χ3v) is 11.0. The van der Waals surface area contributed by atoms with Gasteiger partial charge in [0.2, 0.25) is 0 Å². The number of nitriles is 1. The summed E-state index contributed by atoms with van der Waals surface area (Å²) in [6, 6.07) is 36.6. The molecule has 1 atom stereocenters. The van der Waals surface area contributed by atoms with Crippen LogP contribution in [0.2, 0.25) is 0 Å². The number of carbonyl (C=O) groups is 3. The van der Waals surface area contributed by atoms with Gasteiger partial charge in [-0.05, 0) is 128 Å². The largest absolute Gasteiger partial charge is 0.494 e. The lowest BCUT2D eigenvalue weighted by molar-refractivity contribution is -0.134. The lowest BCUT2D eigenvalue weighted by atomic mass is 10.0. The normalized spacial score (nSPS) is 11.3. The van der Waals surface area contributed by atoms with Crippen LogP contribution in [-0.2, 0) is 9.53 Å². The van der Waals surface area contributed by atoms with E-state index in [1.165, 1.54) is 32.1 Å². The molecule has 0 radical (unpaired) electrons.